The van der Waals surface area contributed by atoms with Crippen LogP contribution in [0.3, 0.4) is 0 Å². The van der Waals surface area contributed by atoms with E-state index in [4.69, 9.17) is 0 Å². The first-order valence-corrected chi connectivity index (χ1v) is 2.94. The zero-order valence-corrected chi connectivity index (χ0v) is 7.73. The predicted molar refractivity (Wildman–Crippen MR) is 40.4 cm³/mol. The van der Waals surface area contributed by atoms with E-state index in [9.17, 15) is 0 Å². The van der Waals surface area contributed by atoms with Crippen LogP contribution in [0.1, 0.15) is 0 Å². The van der Waals surface area contributed by atoms with Crippen molar-refractivity contribution in [1.82, 2.24) is 0 Å². The summed E-state index contributed by atoms with van der Waals surface area (Å²) in [4.78, 5) is 0. The van der Waals surface area contributed by atoms with Crippen LogP contribution in [0.2, 0.25) is 6.04 Å². The Morgan fingerprint density at radius 1 is 1.80 bits per heavy atom. The first-order chi connectivity index (χ1) is 1.91. The summed E-state index contributed by atoms with van der Waals surface area (Å²) in [5.74, 6) is 0. The lowest BCUT2D eigenvalue weighted by Gasteiger charge is -1.57. The maximum atomic E-state index is 3.51. The second-order valence-electron chi connectivity index (χ2n) is 0.697. The van der Waals surface area contributed by atoms with Gasteiger partial charge in [-0.1, -0.05) is 6.08 Å². The van der Waals surface area contributed by atoms with Gasteiger partial charge in [-0.15, -0.1) is 30.6 Å². The quantitative estimate of drug-likeness (QED) is 0.330. The van der Waals surface area contributed by atoms with Crippen molar-refractivity contribution in [3.8, 4) is 0 Å². The van der Waals surface area contributed by atoms with E-state index in [1.54, 1.807) is 0 Å². The van der Waals surface area contributed by atoms with E-state index in [1.807, 2.05) is 6.08 Å². The van der Waals surface area contributed by atoms with E-state index in [-0.39, 0.29) is 24.0 Å². The average molecular weight is 200 g/mol. The lowest BCUT2D eigenvalue weighted by atomic mass is 10.8. The third-order valence-electron chi connectivity index (χ3n) is 0.289. The molecule has 0 N–H and O–H groups in total. The molecule has 0 atom stereocenters. The zero-order chi connectivity index (χ0) is 3.41. The number of allylic oxidation sites excluding steroid dienone is 1. The van der Waals surface area contributed by atoms with Crippen LogP contribution in [0.5, 0.6) is 0 Å². The van der Waals surface area contributed by atoms with Crippen LogP contribution in [0.4, 0.5) is 0 Å². The Hall–Kier alpha value is 0.687. The number of hydrogen-bond donors (Lipinski definition) is 0. The summed E-state index contributed by atoms with van der Waals surface area (Å²) in [5.41, 5.74) is 0. The molecule has 2 heteroatoms. The van der Waals surface area contributed by atoms with Gasteiger partial charge in [0.1, 0.15) is 0 Å². The van der Waals surface area contributed by atoms with Gasteiger partial charge >= 0.3 is 0 Å². The summed E-state index contributed by atoms with van der Waals surface area (Å²) < 4.78 is 0. The Kier molecular flexibility index (Phi) is 16.2. The minimum atomic E-state index is 0. The van der Waals surface area contributed by atoms with Crippen LogP contribution in [-0.4, -0.2) is 10.2 Å². The molecule has 32 valence electrons. The summed E-state index contributed by atoms with van der Waals surface area (Å²) in [5, 5.41) is 0. The van der Waals surface area contributed by atoms with Crippen molar-refractivity contribution in [2.45, 2.75) is 6.04 Å². The zero-order valence-electron chi connectivity index (χ0n) is 3.40. The van der Waals surface area contributed by atoms with Crippen molar-refractivity contribution in [1.29, 1.82) is 0 Å². The van der Waals surface area contributed by atoms with Gasteiger partial charge in [0.25, 0.3) is 0 Å². The second-order valence-corrected chi connectivity index (χ2v) is 1.51. The Morgan fingerprint density at radius 3 is 2.00 bits per heavy atom. The van der Waals surface area contributed by atoms with E-state index >= 15 is 0 Å². The molecule has 0 aromatic rings. The average Bonchev–Trinajstić information content (AvgIpc) is 1.37. The van der Waals surface area contributed by atoms with E-state index in [2.05, 4.69) is 6.58 Å². The van der Waals surface area contributed by atoms with Crippen molar-refractivity contribution in [3.63, 3.8) is 0 Å². The SMILES string of the molecule is C=CC[SiH3].I. The highest BCUT2D eigenvalue weighted by Gasteiger charge is 1.46. The fourth-order valence-electron chi connectivity index (χ4n) is 0. The third kappa shape index (κ3) is 11.9. The lowest BCUT2D eigenvalue weighted by Crippen LogP contribution is -1.47. The number of halogens is 1. The molecular weight excluding hydrogens is 191 g/mol. The van der Waals surface area contributed by atoms with Crippen LogP contribution in [0.15, 0.2) is 12.7 Å². The third-order valence-corrected chi connectivity index (χ3v) is 0.866. The van der Waals surface area contributed by atoms with Crippen LogP contribution in [0.25, 0.3) is 0 Å². The molecule has 0 aliphatic rings. The smallest absolute Gasteiger partial charge is 0.00753 e. The summed E-state index contributed by atoms with van der Waals surface area (Å²) in [6.45, 7) is 3.51. The molecule has 0 fully saturated rings. The van der Waals surface area contributed by atoms with Gasteiger partial charge in [-0.25, -0.2) is 0 Å². The Balaban J connectivity index is 0. The summed E-state index contributed by atoms with van der Waals surface area (Å²) in [7, 11) is 1.27. The van der Waals surface area contributed by atoms with Crippen molar-refractivity contribution in [2.24, 2.45) is 0 Å². The summed E-state index contributed by atoms with van der Waals surface area (Å²) in [6.07, 6.45) is 1.94. The fourth-order valence-corrected chi connectivity index (χ4v) is 0. The molecule has 0 unspecified atom stereocenters. The standard InChI is InChI=1S/C3H8Si.HI/c1-2-3-4;/h2H,1,3H2,4H3;1H. The van der Waals surface area contributed by atoms with Gasteiger partial charge in [-0.05, 0) is 6.04 Å². The molecule has 0 aliphatic heterocycles. The summed E-state index contributed by atoms with van der Waals surface area (Å²) in [6, 6.07) is 1.22. The normalized spacial score (nSPS) is 5.60. The summed E-state index contributed by atoms with van der Waals surface area (Å²) >= 11 is 0. The topological polar surface area (TPSA) is 0 Å². The fraction of sp³-hybridized carbons (Fsp3) is 0.333. The molecule has 0 aromatic heterocycles. The van der Waals surface area contributed by atoms with E-state index in [0.29, 0.717) is 0 Å². The number of rotatable bonds is 1. The molecule has 0 saturated heterocycles. The predicted octanol–water partition coefficient (Wildman–Crippen LogP) is 0.574. The Morgan fingerprint density at radius 2 is 2.00 bits per heavy atom. The largest absolute Gasteiger partial charge is 0.107 e. The van der Waals surface area contributed by atoms with Crippen molar-refractivity contribution >= 4 is 34.2 Å². The Labute approximate surface area is 53.1 Å². The molecule has 5 heavy (non-hydrogen) atoms. The van der Waals surface area contributed by atoms with E-state index in [0.717, 1.165) is 0 Å². The highest BCUT2D eigenvalue weighted by molar-refractivity contribution is 14.0. The minimum absolute atomic E-state index is 0. The van der Waals surface area contributed by atoms with Crippen molar-refractivity contribution < 1.29 is 0 Å². The molecule has 0 aliphatic carbocycles. The molecule has 0 amide bonds. The Bertz CT molecular complexity index is 20.9. The van der Waals surface area contributed by atoms with Crippen LogP contribution >= 0.6 is 24.0 Å². The van der Waals surface area contributed by atoms with Gasteiger partial charge in [-0.3, -0.25) is 0 Å². The molecule has 0 nitrogen and oxygen atoms in total. The first kappa shape index (κ1) is 9.19. The lowest BCUT2D eigenvalue weighted by molar-refractivity contribution is 1.76. The van der Waals surface area contributed by atoms with Gasteiger partial charge in [0, 0.05) is 10.2 Å². The second kappa shape index (κ2) is 8.82. The first-order valence-electron chi connectivity index (χ1n) is 1.52. The minimum Gasteiger partial charge on any atom is -0.107 e. The van der Waals surface area contributed by atoms with Crippen molar-refractivity contribution in [3.05, 3.63) is 12.7 Å². The van der Waals surface area contributed by atoms with E-state index < -0.39 is 0 Å². The molecule has 0 rings (SSSR count). The van der Waals surface area contributed by atoms with Gasteiger partial charge in [0.05, 0.1) is 0 Å². The van der Waals surface area contributed by atoms with Gasteiger partial charge in [0.15, 0.2) is 0 Å². The molecule has 0 aromatic carbocycles. The van der Waals surface area contributed by atoms with Gasteiger partial charge < -0.3 is 0 Å². The van der Waals surface area contributed by atoms with Crippen LogP contribution in [-0.2, 0) is 0 Å². The number of hydrogen-bond acceptors (Lipinski definition) is 0. The van der Waals surface area contributed by atoms with Crippen molar-refractivity contribution in [2.75, 3.05) is 0 Å². The maximum absolute atomic E-state index is 3.51. The van der Waals surface area contributed by atoms with Crippen LogP contribution in [0, 0.1) is 0 Å². The van der Waals surface area contributed by atoms with Gasteiger partial charge in [0.2, 0.25) is 0 Å². The van der Waals surface area contributed by atoms with Gasteiger partial charge in [-0.2, -0.15) is 0 Å². The highest BCUT2D eigenvalue weighted by Crippen LogP contribution is 1.61. The molecule has 0 saturated carbocycles. The highest BCUT2D eigenvalue weighted by atomic mass is 127. The molecule has 0 heterocycles. The maximum Gasteiger partial charge on any atom is 0.00753 e. The molecule has 0 spiro atoms. The van der Waals surface area contributed by atoms with E-state index in [1.165, 1.54) is 16.3 Å². The van der Waals surface area contributed by atoms with Crippen LogP contribution < -0.4 is 0 Å². The molecular formula is C3H9ISi. The molecule has 0 bridgehead atoms. The monoisotopic (exact) mass is 200 g/mol. The molecule has 0 radical (unpaired) electrons.